The van der Waals surface area contributed by atoms with Crippen molar-refractivity contribution >= 4 is 0 Å². The predicted molar refractivity (Wildman–Crippen MR) is 58.8 cm³/mol. The van der Waals surface area contributed by atoms with Crippen molar-refractivity contribution in [2.75, 3.05) is 13.2 Å². The van der Waals surface area contributed by atoms with Crippen LogP contribution >= 0.6 is 0 Å². The summed E-state index contributed by atoms with van der Waals surface area (Å²) < 4.78 is 4.71. The minimum atomic E-state index is 0.249. The van der Waals surface area contributed by atoms with Crippen molar-refractivity contribution in [2.45, 2.75) is 45.2 Å². The third-order valence-corrected chi connectivity index (χ3v) is 3.29. The van der Waals surface area contributed by atoms with Gasteiger partial charge in [0.2, 0.25) is 0 Å². The number of nitrogens with zero attached hydrogens (tertiary/aromatic N) is 3. The first kappa shape index (κ1) is 11.5. The maximum atomic E-state index is 8.90. The van der Waals surface area contributed by atoms with Crippen LogP contribution in [0, 0.1) is 6.92 Å². The number of aryl methyl sites for hydroxylation is 1. The molecule has 0 amide bonds. The van der Waals surface area contributed by atoms with Gasteiger partial charge in [0, 0.05) is 25.7 Å². The van der Waals surface area contributed by atoms with Crippen molar-refractivity contribution in [1.82, 2.24) is 15.2 Å². The summed E-state index contributed by atoms with van der Waals surface area (Å²) in [5.74, 6) is 0. The van der Waals surface area contributed by atoms with Gasteiger partial charge < -0.3 is 5.11 Å². The van der Waals surface area contributed by atoms with Gasteiger partial charge in [-0.15, -0.1) is 0 Å². The molecule has 90 valence electrons. The highest BCUT2D eigenvalue weighted by molar-refractivity contribution is 5.04. The van der Waals surface area contributed by atoms with E-state index < -0.39 is 0 Å². The zero-order valence-corrected chi connectivity index (χ0v) is 9.72. The Balaban J connectivity index is 1.93. The zero-order valence-electron chi connectivity index (χ0n) is 9.72. The van der Waals surface area contributed by atoms with Gasteiger partial charge in [-0.2, -0.15) is 0 Å². The Morgan fingerprint density at radius 3 is 2.75 bits per heavy atom. The molecule has 1 fully saturated rings. The van der Waals surface area contributed by atoms with Crippen molar-refractivity contribution < 1.29 is 9.74 Å². The van der Waals surface area contributed by atoms with E-state index in [1.54, 1.807) is 0 Å². The van der Waals surface area contributed by atoms with Crippen LogP contribution in [0.15, 0.2) is 4.63 Å². The van der Waals surface area contributed by atoms with Crippen LogP contribution < -0.4 is 0 Å². The first-order valence-electron chi connectivity index (χ1n) is 5.94. The number of aromatic nitrogens is 2. The number of hydrogen-bond acceptors (Lipinski definition) is 5. The van der Waals surface area contributed by atoms with Crippen LogP contribution in [0.4, 0.5) is 0 Å². The Labute approximate surface area is 95.4 Å². The van der Waals surface area contributed by atoms with E-state index in [0.717, 1.165) is 30.9 Å². The van der Waals surface area contributed by atoms with Crippen LogP contribution in [-0.4, -0.2) is 39.5 Å². The quantitative estimate of drug-likeness (QED) is 0.786. The molecule has 1 heterocycles. The topological polar surface area (TPSA) is 62.4 Å². The lowest BCUT2D eigenvalue weighted by molar-refractivity contribution is 0.106. The van der Waals surface area contributed by atoms with Gasteiger partial charge in [-0.3, -0.25) is 4.90 Å². The van der Waals surface area contributed by atoms with Crippen molar-refractivity contribution in [3.63, 3.8) is 0 Å². The van der Waals surface area contributed by atoms with Gasteiger partial charge in [0.15, 0.2) is 0 Å². The van der Waals surface area contributed by atoms with Crippen LogP contribution in [0.3, 0.4) is 0 Å². The Morgan fingerprint density at radius 2 is 2.25 bits per heavy atom. The normalized spacial score (nSPS) is 16.7. The summed E-state index contributed by atoms with van der Waals surface area (Å²) in [6, 6.07) is 0.655. The Kier molecular flexibility index (Phi) is 3.90. The fourth-order valence-electron chi connectivity index (χ4n) is 2.00. The highest BCUT2D eigenvalue weighted by Crippen LogP contribution is 2.26. The monoisotopic (exact) mass is 225 g/mol. The van der Waals surface area contributed by atoms with Crippen molar-refractivity contribution in [2.24, 2.45) is 0 Å². The molecule has 0 unspecified atom stereocenters. The molecule has 1 aliphatic rings. The second-order valence-electron chi connectivity index (χ2n) is 4.43. The third kappa shape index (κ3) is 2.59. The first-order valence-corrected chi connectivity index (χ1v) is 5.94. The summed E-state index contributed by atoms with van der Waals surface area (Å²) in [6.45, 7) is 3.88. The predicted octanol–water partition coefficient (Wildman–Crippen LogP) is 1.11. The number of aliphatic hydroxyl groups excluding tert-OH is 1. The highest BCUT2D eigenvalue weighted by Gasteiger charge is 2.25. The molecule has 0 saturated heterocycles. The summed E-state index contributed by atoms with van der Waals surface area (Å²) in [6.07, 6.45) is 4.66. The molecule has 1 aromatic rings. The Morgan fingerprint density at radius 1 is 1.44 bits per heavy atom. The van der Waals surface area contributed by atoms with Gasteiger partial charge in [0.25, 0.3) is 0 Å². The SMILES string of the molecule is Cc1nonc1CN(CCCO)C1CCC1. The molecule has 5 heteroatoms. The summed E-state index contributed by atoms with van der Waals surface area (Å²) >= 11 is 0. The highest BCUT2D eigenvalue weighted by atomic mass is 16.6. The molecule has 0 spiro atoms. The van der Waals surface area contributed by atoms with E-state index in [1.165, 1.54) is 19.3 Å². The van der Waals surface area contributed by atoms with Gasteiger partial charge in [-0.25, -0.2) is 4.63 Å². The lowest BCUT2D eigenvalue weighted by Gasteiger charge is -2.37. The average Bonchev–Trinajstić information content (AvgIpc) is 2.58. The molecule has 1 saturated carbocycles. The van der Waals surface area contributed by atoms with Crippen LogP contribution in [0.1, 0.15) is 37.1 Å². The number of hydrogen-bond donors (Lipinski definition) is 1. The fraction of sp³-hybridized carbons (Fsp3) is 0.818. The maximum absolute atomic E-state index is 8.90. The third-order valence-electron chi connectivity index (χ3n) is 3.29. The Hall–Kier alpha value is -0.940. The van der Waals surface area contributed by atoms with Crippen LogP contribution in [0.5, 0.6) is 0 Å². The zero-order chi connectivity index (χ0) is 11.4. The van der Waals surface area contributed by atoms with E-state index in [1.807, 2.05) is 6.92 Å². The van der Waals surface area contributed by atoms with Gasteiger partial charge in [0.05, 0.1) is 0 Å². The van der Waals surface area contributed by atoms with E-state index in [2.05, 4.69) is 15.2 Å². The number of aliphatic hydroxyl groups is 1. The van der Waals surface area contributed by atoms with E-state index in [9.17, 15) is 0 Å². The minimum absolute atomic E-state index is 0.249. The molecule has 0 aromatic carbocycles. The second kappa shape index (κ2) is 5.41. The molecular weight excluding hydrogens is 206 g/mol. The molecule has 0 bridgehead atoms. The summed E-state index contributed by atoms with van der Waals surface area (Å²) in [4.78, 5) is 2.38. The molecule has 0 atom stereocenters. The molecule has 1 N–H and O–H groups in total. The summed E-state index contributed by atoms with van der Waals surface area (Å²) in [7, 11) is 0. The van der Waals surface area contributed by atoms with E-state index in [0.29, 0.717) is 6.04 Å². The van der Waals surface area contributed by atoms with Crippen LogP contribution in [0.2, 0.25) is 0 Å². The smallest absolute Gasteiger partial charge is 0.122 e. The van der Waals surface area contributed by atoms with Crippen molar-refractivity contribution in [3.05, 3.63) is 11.4 Å². The van der Waals surface area contributed by atoms with Crippen molar-refractivity contribution in [3.8, 4) is 0 Å². The molecule has 1 aliphatic carbocycles. The minimum Gasteiger partial charge on any atom is -0.396 e. The molecule has 16 heavy (non-hydrogen) atoms. The van der Waals surface area contributed by atoms with Crippen molar-refractivity contribution in [1.29, 1.82) is 0 Å². The summed E-state index contributed by atoms with van der Waals surface area (Å²) in [5, 5.41) is 16.6. The molecule has 1 aromatic heterocycles. The van der Waals surface area contributed by atoms with E-state index in [-0.39, 0.29) is 6.61 Å². The maximum Gasteiger partial charge on any atom is 0.122 e. The average molecular weight is 225 g/mol. The Bertz CT molecular complexity index is 323. The lowest BCUT2D eigenvalue weighted by atomic mass is 9.91. The lowest BCUT2D eigenvalue weighted by Crippen LogP contribution is -2.40. The fourth-order valence-corrected chi connectivity index (χ4v) is 2.00. The van der Waals surface area contributed by atoms with Gasteiger partial charge in [-0.1, -0.05) is 16.7 Å². The van der Waals surface area contributed by atoms with Crippen LogP contribution in [-0.2, 0) is 6.54 Å². The standard InChI is InChI=1S/C11H19N3O2/c1-9-11(13-16-12-9)8-14(6-3-7-15)10-4-2-5-10/h10,15H,2-8H2,1H3. The van der Waals surface area contributed by atoms with E-state index >= 15 is 0 Å². The van der Waals surface area contributed by atoms with Gasteiger partial charge in [-0.05, 0) is 26.2 Å². The van der Waals surface area contributed by atoms with E-state index in [4.69, 9.17) is 9.74 Å². The van der Waals surface area contributed by atoms with Crippen LogP contribution in [0.25, 0.3) is 0 Å². The first-order chi connectivity index (χ1) is 7.81. The summed E-state index contributed by atoms with van der Waals surface area (Å²) in [5.41, 5.74) is 1.79. The van der Waals surface area contributed by atoms with Gasteiger partial charge >= 0.3 is 0 Å². The molecule has 2 rings (SSSR count). The molecule has 0 aliphatic heterocycles. The molecule has 5 nitrogen and oxygen atoms in total. The molecule has 0 radical (unpaired) electrons. The largest absolute Gasteiger partial charge is 0.396 e. The van der Waals surface area contributed by atoms with Gasteiger partial charge in [0.1, 0.15) is 11.4 Å². The second-order valence-corrected chi connectivity index (χ2v) is 4.43. The molecular formula is C11H19N3O2. The number of rotatable bonds is 6.